The topological polar surface area (TPSA) is 124 Å². The van der Waals surface area contributed by atoms with Gasteiger partial charge < -0.3 is 15.5 Å². The van der Waals surface area contributed by atoms with Crippen LogP contribution >= 0.6 is 0 Å². The van der Waals surface area contributed by atoms with Gasteiger partial charge in [-0.3, -0.25) is 9.35 Å². The average Bonchev–Trinajstić information content (AvgIpc) is 3.14. The van der Waals surface area contributed by atoms with Crippen LogP contribution in [-0.4, -0.2) is 53.6 Å². The summed E-state index contributed by atoms with van der Waals surface area (Å²) in [6, 6.07) is 0. The lowest BCUT2D eigenvalue weighted by Gasteiger charge is -2.62. The van der Waals surface area contributed by atoms with E-state index in [1.165, 1.54) is 0 Å². The van der Waals surface area contributed by atoms with Crippen molar-refractivity contribution in [2.24, 2.45) is 46.3 Å². The van der Waals surface area contributed by atoms with Gasteiger partial charge in [0.2, 0.25) is 5.91 Å². The zero-order valence-corrected chi connectivity index (χ0v) is 21.5. The number of hydrogen-bond donors (Lipinski definition) is 4. The lowest BCUT2D eigenvalue weighted by Crippen LogP contribution is -2.58. The molecule has 0 bridgehead atoms. The number of carbonyl (C=O) groups excluding carboxylic acids is 1. The van der Waals surface area contributed by atoms with Gasteiger partial charge in [0.1, 0.15) is 0 Å². The fourth-order valence-electron chi connectivity index (χ4n) is 8.44. The predicted octanol–water partition coefficient (Wildman–Crippen LogP) is 3.40. The maximum Gasteiger partial charge on any atom is 0.266 e. The first kappa shape index (κ1) is 21.4. The van der Waals surface area contributed by atoms with Gasteiger partial charge in [-0.2, -0.15) is 8.42 Å². The van der Waals surface area contributed by atoms with Gasteiger partial charge in [-0.15, -0.1) is 0 Å². The van der Waals surface area contributed by atoms with E-state index in [2.05, 4.69) is 19.2 Å². The molecule has 4 aliphatic carbocycles. The Morgan fingerprint density at radius 2 is 1.91 bits per heavy atom. The molecule has 0 radical (unpaired) electrons. The normalized spacial score (nSPS) is 49.8. The van der Waals surface area contributed by atoms with Gasteiger partial charge in [0.25, 0.3) is 10.1 Å². The van der Waals surface area contributed by atoms with Crippen molar-refractivity contribution in [2.45, 2.75) is 97.1 Å². The second kappa shape index (κ2) is 9.64. The minimum atomic E-state index is -4.13. The predicted molar refractivity (Wildman–Crippen MR) is 130 cm³/mol. The molecule has 0 aromatic rings. The smallest absolute Gasteiger partial charge is 0.266 e. The van der Waals surface area contributed by atoms with Crippen LogP contribution in [0.15, 0.2) is 0 Å². The van der Waals surface area contributed by atoms with Crippen molar-refractivity contribution in [1.82, 2.24) is 5.32 Å². The number of carbonyl (C=O) groups is 1. The van der Waals surface area contributed by atoms with E-state index in [-0.39, 0.29) is 60.3 Å². The Morgan fingerprint density at radius 3 is 2.62 bits per heavy atom. The quantitative estimate of drug-likeness (QED) is 0.395. The summed E-state index contributed by atoms with van der Waals surface area (Å²) < 4.78 is 64.8. The molecule has 196 valence electrons. The molecule has 8 heteroatoms. The summed E-state index contributed by atoms with van der Waals surface area (Å²) in [5.74, 6) is -0.418. The third-order valence-corrected chi connectivity index (χ3v) is 11.0. The van der Waals surface area contributed by atoms with Crippen LogP contribution in [0, 0.1) is 46.3 Å². The molecule has 0 unspecified atom stereocenters. The Balaban J connectivity index is 1.47. The lowest BCUT2D eigenvalue weighted by molar-refractivity contribution is -0.174. The molecule has 0 aliphatic heterocycles. The highest BCUT2D eigenvalue weighted by Crippen LogP contribution is 2.68. The highest BCUT2D eigenvalue weighted by Gasteiger charge is 2.63. The van der Waals surface area contributed by atoms with E-state index in [1.54, 1.807) is 0 Å². The summed E-state index contributed by atoms with van der Waals surface area (Å²) >= 11 is 0. The van der Waals surface area contributed by atoms with Crippen molar-refractivity contribution in [3.63, 3.8) is 0 Å². The van der Waals surface area contributed by atoms with Crippen molar-refractivity contribution in [3.8, 4) is 0 Å². The van der Waals surface area contributed by atoms with E-state index in [0.717, 1.165) is 19.3 Å². The van der Waals surface area contributed by atoms with Crippen molar-refractivity contribution in [3.05, 3.63) is 0 Å². The third kappa shape index (κ3) is 4.81. The van der Waals surface area contributed by atoms with Crippen LogP contribution in [0.25, 0.3) is 0 Å². The Bertz CT molecular complexity index is 1030. The molecule has 4 N–H and O–H groups in total. The largest absolute Gasteiger partial charge is 0.393 e. The molecule has 4 aliphatic rings. The van der Waals surface area contributed by atoms with Gasteiger partial charge in [0.05, 0.1) is 18.0 Å². The maximum absolute atomic E-state index is 12.2. The Kier molecular flexibility index (Phi) is 6.06. The molecule has 7 nitrogen and oxygen atoms in total. The maximum atomic E-state index is 12.2. The van der Waals surface area contributed by atoms with Crippen LogP contribution in [0.4, 0.5) is 0 Å². The Morgan fingerprint density at radius 1 is 1.18 bits per heavy atom. The van der Waals surface area contributed by atoms with Crippen LogP contribution in [0.2, 0.25) is 0 Å². The van der Waals surface area contributed by atoms with Crippen LogP contribution < -0.4 is 5.32 Å². The van der Waals surface area contributed by atoms with Crippen molar-refractivity contribution in [2.75, 3.05) is 12.3 Å². The number of aliphatic hydroxyl groups is 2. The van der Waals surface area contributed by atoms with Crippen molar-refractivity contribution < 1.29 is 33.5 Å². The van der Waals surface area contributed by atoms with E-state index >= 15 is 0 Å². The number of aliphatic hydroxyl groups excluding tert-OH is 2. The number of rotatable bonds is 7. The van der Waals surface area contributed by atoms with Crippen LogP contribution in [0.1, 0.15) is 90.4 Å². The third-order valence-electron chi connectivity index (χ3n) is 10.3. The molecule has 34 heavy (non-hydrogen) atoms. The first-order chi connectivity index (χ1) is 17.4. The van der Waals surface area contributed by atoms with Crippen LogP contribution in [0.5, 0.6) is 0 Å². The van der Waals surface area contributed by atoms with Crippen LogP contribution in [-0.2, 0) is 14.9 Å². The number of amides is 1. The van der Waals surface area contributed by atoms with Crippen molar-refractivity contribution in [1.29, 1.82) is 0 Å². The van der Waals surface area contributed by atoms with Gasteiger partial charge in [-0.1, -0.05) is 20.8 Å². The summed E-state index contributed by atoms with van der Waals surface area (Å²) in [4.78, 5) is 12.2. The zero-order valence-electron chi connectivity index (χ0n) is 24.7. The number of nitrogens with one attached hydrogen (secondary N) is 1. The molecule has 10 atom stereocenters. The van der Waals surface area contributed by atoms with Crippen molar-refractivity contribution >= 4 is 16.0 Å². The molecule has 4 fully saturated rings. The standard InChI is InChI=1S/C26H45NO6S/c1-16(4-9-24(30)27-12-13-34(31,32)33)20-7-8-21-19-6-5-17-14-18(28)10-11-25(17,2)22(19)15-23(29)26(20,21)3/h16-23,28-29H,4-15H2,1-3H3,(H,27,30)(H,31,32,33)/t16-,17-,18-,19+,20-,21+,22+,23+,25+,26-/m1/s1/i10D2,14D2. The molecule has 0 spiro atoms. The molecular formula is C26H45NO6S. The van der Waals surface area contributed by atoms with Gasteiger partial charge in [-0.25, -0.2) is 0 Å². The SMILES string of the molecule is [2H]C1([2H])C[C@@]2(C)[C@H](CC[C@@H]3[C@@H]2C[C@H](O)[C@]2(C)[C@@H]([C@H](C)CCC(=O)NCCS(=O)(=O)O)CC[C@@H]32)C([2H])([2H])[C@@H]1O. The lowest BCUT2D eigenvalue weighted by atomic mass is 9.43. The summed E-state index contributed by atoms with van der Waals surface area (Å²) in [6.07, 6.45) is -1.64. The van der Waals surface area contributed by atoms with Crippen LogP contribution in [0.3, 0.4) is 0 Å². The highest BCUT2D eigenvalue weighted by atomic mass is 32.2. The van der Waals surface area contributed by atoms with E-state index in [9.17, 15) is 23.4 Å². The van der Waals surface area contributed by atoms with E-state index < -0.39 is 52.2 Å². The minimum Gasteiger partial charge on any atom is -0.393 e. The summed E-state index contributed by atoms with van der Waals surface area (Å²) in [6.45, 7) is 6.12. The first-order valence-electron chi connectivity index (χ1n) is 14.9. The van der Waals surface area contributed by atoms with E-state index in [0.29, 0.717) is 19.3 Å². The number of hydrogen-bond acceptors (Lipinski definition) is 5. The summed E-state index contributed by atoms with van der Waals surface area (Å²) in [7, 11) is -4.13. The van der Waals surface area contributed by atoms with Gasteiger partial charge in [0, 0.05) is 18.4 Å². The van der Waals surface area contributed by atoms with Gasteiger partial charge in [0.15, 0.2) is 0 Å². The average molecular weight is 504 g/mol. The zero-order chi connectivity index (χ0) is 28.5. The Labute approximate surface area is 210 Å². The summed E-state index contributed by atoms with van der Waals surface area (Å²) in [5, 5.41) is 24.8. The van der Waals surface area contributed by atoms with E-state index in [4.69, 9.17) is 10.0 Å². The molecule has 4 rings (SSSR count). The molecule has 0 aromatic heterocycles. The monoisotopic (exact) mass is 503 g/mol. The second-order valence-electron chi connectivity index (χ2n) is 11.9. The second-order valence-corrected chi connectivity index (χ2v) is 13.5. The Hall–Kier alpha value is -0.700. The van der Waals surface area contributed by atoms with Gasteiger partial charge >= 0.3 is 0 Å². The summed E-state index contributed by atoms with van der Waals surface area (Å²) in [5.41, 5.74) is -1.00. The van der Waals surface area contributed by atoms with E-state index in [1.807, 2.05) is 6.92 Å². The fourth-order valence-corrected chi connectivity index (χ4v) is 8.80. The minimum absolute atomic E-state index is 0.0189. The molecule has 1 amide bonds. The molecule has 0 saturated heterocycles. The van der Waals surface area contributed by atoms with Gasteiger partial charge in [-0.05, 0) is 104 Å². The molecule has 4 saturated carbocycles. The first-order valence-corrected chi connectivity index (χ1v) is 14.5. The fraction of sp³-hybridized carbons (Fsp3) is 0.962. The number of fused-ring (bicyclic) bond motifs is 5. The molecule has 0 heterocycles. The molecule has 0 aromatic carbocycles. The molecular weight excluding hydrogens is 454 g/mol. The highest BCUT2D eigenvalue weighted by molar-refractivity contribution is 7.85.